The van der Waals surface area contributed by atoms with Crippen LogP contribution < -0.4 is 5.32 Å². The van der Waals surface area contributed by atoms with Crippen molar-refractivity contribution in [1.82, 2.24) is 15.2 Å². The van der Waals surface area contributed by atoms with Gasteiger partial charge in [-0.05, 0) is 31.4 Å². The van der Waals surface area contributed by atoms with Crippen LogP contribution in [0.15, 0.2) is 12.3 Å². The largest absolute Gasteiger partial charge is 0.383 e. The van der Waals surface area contributed by atoms with Crippen molar-refractivity contribution in [2.45, 2.75) is 12.8 Å². The van der Waals surface area contributed by atoms with Gasteiger partial charge >= 0.3 is 0 Å². The zero-order valence-corrected chi connectivity index (χ0v) is 12.4. The first-order valence-corrected chi connectivity index (χ1v) is 7.31. The van der Waals surface area contributed by atoms with Gasteiger partial charge in [-0.3, -0.25) is 4.79 Å². The van der Waals surface area contributed by atoms with E-state index in [4.69, 9.17) is 10.00 Å². The molecule has 1 aromatic heterocycles. The van der Waals surface area contributed by atoms with Crippen molar-refractivity contribution in [1.29, 1.82) is 5.26 Å². The standard InChI is InChI=1S/C15H22N4O2/c1-21-6-5-19-4-2-3-12(11-19)9-18-15(20)14-7-13(8-16)10-17-14/h7,10,12,17H,2-6,9,11H2,1H3,(H,18,20)/t12-/m1/s1. The number of aromatic nitrogens is 1. The predicted octanol–water partition coefficient (Wildman–Crippen LogP) is 0.975. The minimum atomic E-state index is -0.148. The van der Waals surface area contributed by atoms with Crippen LogP contribution in [0.4, 0.5) is 0 Å². The summed E-state index contributed by atoms with van der Waals surface area (Å²) in [7, 11) is 1.72. The molecule has 114 valence electrons. The molecule has 2 N–H and O–H groups in total. The Hall–Kier alpha value is -1.84. The van der Waals surface area contributed by atoms with Crippen LogP contribution in [0.1, 0.15) is 28.9 Å². The highest BCUT2D eigenvalue weighted by Gasteiger charge is 2.20. The quantitative estimate of drug-likeness (QED) is 0.818. The van der Waals surface area contributed by atoms with E-state index in [9.17, 15) is 4.79 Å². The van der Waals surface area contributed by atoms with Crippen LogP contribution in [0.5, 0.6) is 0 Å². The average Bonchev–Trinajstić information content (AvgIpc) is 3.00. The molecule has 1 saturated heterocycles. The number of hydrogen-bond donors (Lipinski definition) is 2. The molecule has 1 aliphatic rings. The molecule has 0 bridgehead atoms. The number of carbonyl (C=O) groups is 1. The molecule has 1 aliphatic heterocycles. The number of amides is 1. The van der Waals surface area contributed by atoms with Crippen LogP contribution >= 0.6 is 0 Å². The fraction of sp³-hybridized carbons (Fsp3) is 0.600. The van der Waals surface area contributed by atoms with Gasteiger partial charge in [0.25, 0.3) is 5.91 Å². The van der Waals surface area contributed by atoms with E-state index in [1.54, 1.807) is 19.4 Å². The third-order valence-electron chi connectivity index (χ3n) is 3.82. The van der Waals surface area contributed by atoms with Crippen molar-refractivity contribution in [2.75, 3.05) is 39.9 Å². The normalized spacial score (nSPS) is 19.1. The van der Waals surface area contributed by atoms with E-state index >= 15 is 0 Å². The summed E-state index contributed by atoms with van der Waals surface area (Å²) in [5, 5.41) is 11.7. The summed E-state index contributed by atoms with van der Waals surface area (Å²) in [6.45, 7) is 4.47. The number of piperidine rings is 1. The number of carbonyl (C=O) groups excluding carboxylic acids is 1. The number of likely N-dealkylation sites (tertiary alicyclic amines) is 1. The molecule has 21 heavy (non-hydrogen) atoms. The van der Waals surface area contributed by atoms with Crippen LogP contribution in [0.2, 0.25) is 0 Å². The fourth-order valence-corrected chi connectivity index (χ4v) is 2.66. The zero-order valence-electron chi connectivity index (χ0n) is 12.4. The summed E-state index contributed by atoms with van der Waals surface area (Å²) < 4.78 is 5.11. The van der Waals surface area contributed by atoms with Gasteiger partial charge in [0.15, 0.2) is 0 Å². The second-order valence-corrected chi connectivity index (χ2v) is 5.43. The smallest absolute Gasteiger partial charge is 0.267 e. The highest BCUT2D eigenvalue weighted by molar-refractivity contribution is 5.92. The Bertz CT molecular complexity index is 506. The van der Waals surface area contributed by atoms with Crippen molar-refractivity contribution in [3.63, 3.8) is 0 Å². The molecule has 1 fully saturated rings. The first-order valence-electron chi connectivity index (χ1n) is 7.31. The minimum Gasteiger partial charge on any atom is -0.383 e. The van der Waals surface area contributed by atoms with Crippen LogP contribution in [0, 0.1) is 17.2 Å². The van der Waals surface area contributed by atoms with E-state index in [0.717, 1.165) is 39.1 Å². The Morgan fingerprint density at radius 3 is 3.24 bits per heavy atom. The molecule has 0 radical (unpaired) electrons. The molecule has 0 spiro atoms. The third-order valence-corrected chi connectivity index (χ3v) is 3.82. The SMILES string of the molecule is COCCN1CCC[C@H](CNC(=O)c2cc(C#N)c[nH]2)C1. The third kappa shape index (κ3) is 4.59. The summed E-state index contributed by atoms with van der Waals surface area (Å²) in [6, 6.07) is 3.57. The maximum atomic E-state index is 12.0. The van der Waals surface area contributed by atoms with E-state index in [-0.39, 0.29) is 5.91 Å². The lowest BCUT2D eigenvalue weighted by atomic mass is 9.98. The van der Waals surface area contributed by atoms with Gasteiger partial charge in [0, 0.05) is 32.9 Å². The highest BCUT2D eigenvalue weighted by Crippen LogP contribution is 2.15. The molecule has 2 heterocycles. The molecule has 1 atom stereocenters. The molecule has 0 saturated carbocycles. The molecule has 0 aromatic carbocycles. The molecule has 1 amide bonds. The van der Waals surface area contributed by atoms with Gasteiger partial charge < -0.3 is 19.9 Å². The summed E-state index contributed by atoms with van der Waals surface area (Å²) in [4.78, 5) is 17.2. The Morgan fingerprint density at radius 1 is 1.67 bits per heavy atom. The van der Waals surface area contributed by atoms with Crippen LogP contribution in [-0.2, 0) is 4.74 Å². The first kappa shape index (κ1) is 15.5. The maximum absolute atomic E-state index is 12.0. The molecular formula is C15H22N4O2. The summed E-state index contributed by atoms with van der Waals surface area (Å²) in [5.41, 5.74) is 0.919. The molecule has 1 aromatic rings. The lowest BCUT2D eigenvalue weighted by Gasteiger charge is -2.32. The predicted molar refractivity (Wildman–Crippen MR) is 78.9 cm³/mol. The van der Waals surface area contributed by atoms with Gasteiger partial charge in [-0.15, -0.1) is 0 Å². The van der Waals surface area contributed by atoms with Gasteiger partial charge in [0.05, 0.1) is 12.2 Å². The number of rotatable bonds is 6. The topological polar surface area (TPSA) is 81.2 Å². The number of methoxy groups -OCH3 is 1. The van der Waals surface area contributed by atoms with Gasteiger partial charge in [-0.25, -0.2) is 0 Å². The van der Waals surface area contributed by atoms with Crippen molar-refractivity contribution in [3.8, 4) is 6.07 Å². The number of nitrogens with zero attached hydrogens (tertiary/aromatic N) is 2. The second kappa shape index (κ2) is 7.81. The number of H-pyrrole nitrogens is 1. The van der Waals surface area contributed by atoms with Gasteiger partial charge in [0.1, 0.15) is 11.8 Å². The molecular weight excluding hydrogens is 268 g/mol. The maximum Gasteiger partial charge on any atom is 0.267 e. The van der Waals surface area contributed by atoms with Crippen LogP contribution in [0.3, 0.4) is 0 Å². The Labute approximate surface area is 125 Å². The van der Waals surface area contributed by atoms with Crippen molar-refractivity contribution >= 4 is 5.91 Å². The minimum absolute atomic E-state index is 0.148. The Kier molecular flexibility index (Phi) is 5.78. The second-order valence-electron chi connectivity index (χ2n) is 5.43. The van der Waals surface area contributed by atoms with Gasteiger partial charge in [-0.2, -0.15) is 5.26 Å². The fourth-order valence-electron chi connectivity index (χ4n) is 2.66. The van der Waals surface area contributed by atoms with Crippen molar-refractivity contribution in [2.24, 2.45) is 5.92 Å². The van der Waals surface area contributed by atoms with E-state index in [2.05, 4.69) is 15.2 Å². The molecule has 6 nitrogen and oxygen atoms in total. The van der Waals surface area contributed by atoms with E-state index in [0.29, 0.717) is 23.7 Å². The van der Waals surface area contributed by atoms with Gasteiger partial charge in [-0.1, -0.05) is 0 Å². The Morgan fingerprint density at radius 2 is 2.52 bits per heavy atom. The Balaban J connectivity index is 1.77. The lowest BCUT2D eigenvalue weighted by Crippen LogP contribution is -2.42. The number of nitrogens with one attached hydrogen (secondary N) is 2. The number of hydrogen-bond acceptors (Lipinski definition) is 4. The van der Waals surface area contributed by atoms with Crippen molar-refractivity contribution in [3.05, 3.63) is 23.5 Å². The first-order chi connectivity index (χ1) is 10.2. The zero-order chi connectivity index (χ0) is 15.1. The lowest BCUT2D eigenvalue weighted by molar-refractivity contribution is 0.0909. The van der Waals surface area contributed by atoms with Gasteiger partial charge in [0.2, 0.25) is 0 Å². The van der Waals surface area contributed by atoms with Crippen LogP contribution in [0.25, 0.3) is 0 Å². The molecule has 0 aliphatic carbocycles. The molecule has 6 heteroatoms. The molecule has 0 unspecified atom stereocenters. The summed E-state index contributed by atoms with van der Waals surface area (Å²) >= 11 is 0. The molecule has 2 rings (SSSR count). The van der Waals surface area contributed by atoms with E-state index < -0.39 is 0 Å². The summed E-state index contributed by atoms with van der Waals surface area (Å²) in [6.07, 6.45) is 3.84. The van der Waals surface area contributed by atoms with Crippen LogP contribution in [-0.4, -0.2) is 55.7 Å². The number of ether oxygens (including phenoxy) is 1. The summed E-state index contributed by atoms with van der Waals surface area (Å²) in [5.74, 6) is 0.329. The van der Waals surface area contributed by atoms with Crippen molar-refractivity contribution < 1.29 is 9.53 Å². The monoisotopic (exact) mass is 290 g/mol. The van der Waals surface area contributed by atoms with E-state index in [1.165, 1.54) is 0 Å². The number of nitriles is 1. The van der Waals surface area contributed by atoms with E-state index in [1.807, 2.05) is 6.07 Å². The highest BCUT2D eigenvalue weighted by atomic mass is 16.5. The number of aromatic amines is 1. The average molecular weight is 290 g/mol.